The molecule has 1 aliphatic carbocycles. The van der Waals surface area contributed by atoms with Gasteiger partial charge in [0.2, 0.25) is 0 Å². The first-order chi connectivity index (χ1) is 7.40. The summed E-state index contributed by atoms with van der Waals surface area (Å²) in [7, 11) is 0. The third-order valence-corrected chi connectivity index (χ3v) is 3.98. The second-order valence-electron chi connectivity index (χ2n) is 5.08. The van der Waals surface area contributed by atoms with Crippen molar-refractivity contribution in [3.8, 4) is 0 Å². The maximum absolute atomic E-state index is 5.75. The van der Waals surface area contributed by atoms with Crippen molar-refractivity contribution >= 4 is 0 Å². The zero-order valence-electron chi connectivity index (χ0n) is 10.0. The topological polar surface area (TPSA) is 21.3 Å². The van der Waals surface area contributed by atoms with Gasteiger partial charge in [-0.3, -0.25) is 0 Å². The van der Waals surface area contributed by atoms with Gasteiger partial charge in [-0.25, -0.2) is 0 Å². The van der Waals surface area contributed by atoms with Crippen molar-refractivity contribution in [3.05, 3.63) is 0 Å². The monoisotopic (exact) mass is 211 g/mol. The lowest BCUT2D eigenvalue weighted by Gasteiger charge is -2.26. The van der Waals surface area contributed by atoms with E-state index >= 15 is 0 Å². The fraction of sp³-hybridized carbons (Fsp3) is 1.00. The molecule has 1 saturated carbocycles. The van der Waals surface area contributed by atoms with Gasteiger partial charge in [0.05, 0.1) is 6.10 Å². The third kappa shape index (κ3) is 3.18. The molecule has 2 rings (SSSR count). The van der Waals surface area contributed by atoms with Gasteiger partial charge in [-0.05, 0) is 44.6 Å². The lowest BCUT2D eigenvalue weighted by molar-refractivity contribution is 0.0873. The standard InChI is InChI=1S/C13H25NO/c1-2-14-13(11-6-3-4-7-11)10-12-8-5-9-15-12/h11-14H,2-10H2,1H3. The van der Waals surface area contributed by atoms with Crippen LogP contribution in [0.5, 0.6) is 0 Å². The Morgan fingerprint density at radius 2 is 2.00 bits per heavy atom. The summed E-state index contributed by atoms with van der Waals surface area (Å²) in [5.41, 5.74) is 0. The summed E-state index contributed by atoms with van der Waals surface area (Å²) in [4.78, 5) is 0. The van der Waals surface area contributed by atoms with Gasteiger partial charge in [0.15, 0.2) is 0 Å². The predicted molar refractivity (Wildman–Crippen MR) is 63.0 cm³/mol. The predicted octanol–water partition coefficient (Wildman–Crippen LogP) is 2.72. The largest absolute Gasteiger partial charge is 0.378 e. The van der Waals surface area contributed by atoms with E-state index in [4.69, 9.17) is 4.74 Å². The molecule has 0 aromatic rings. The van der Waals surface area contributed by atoms with Gasteiger partial charge < -0.3 is 10.1 Å². The van der Waals surface area contributed by atoms with Crippen molar-refractivity contribution in [2.75, 3.05) is 13.2 Å². The van der Waals surface area contributed by atoms with Gasteiger partial charge in [0.25, 0.3) is 0 Å². The number of ether oxygens (including phenoxy) is 1. The lowest BCUT2D eigenvalue weighted by Crippen LogP contribution is -2.37. The number of nitrogens with one attached hydrogen (secondary N) is 1. The van der Waals surface area contributed by atoms with Crippen LogP contribution in [0.4, 0.5) is 0 Å². The zero-order chi connectivity index (χ0) is 10.5. The number of hydrogen-bond acceptors (Lipinski definition) is 2. The number of rotatable bonds is 5. The van der Waals surface area contributed by atoms with E-state index in [0.717, 1.165) is 25.1 Å². The summed E-state index contributed by atoms with van der Waals surface area (Å²) in [5, 5.41) is 3.67. The highest BCUT2D eigenvalue weighted by atomic mass is 16.5. The molecule has 2 fully saturated rings. The molecule has 0 radical (unpaired) electrons. The van der Waals surface area contributed by atoms with Crippen LogP contribution in [0.2, 0.25) is 0 Å². The van der Waals surface area contributed by atoms with Crippen LogP contribution in [0.1, 0.15) is 51.9 Å². The van der Waals surface area contributed by atoms with Gasteiger partial charge in [-0.2, -0.15) is 0 Å². The average molecular weight is 211 g/mol. The molecular weight excluding hydrogens is 186 g/mol. The Bertz CT molecular complexity index is 171. The second kappa shape index (κ2) is 5.86. The van der Waals surface area contributed by atoms with Crippen LogP contribution in [-0.2, 0) is 4.74 Å². The van der Waals surface area contributed by atoms with E-state index in [-0.39, 0.29) is 0 Å². The summed E-state index contributed by atoms with van der Waals surface area (Å²) in [6.07, 6.45) is 10.1. The normalized spacial score (nSPS) is 29.8. The molecular formula is C13H25NO. The molecule has 1 saturated heterocycles. The Hall–Kier alpha value is -0.0800. The molecule has 1 N–H and O–H groups in total. The van der Waals surface area contributed by atoms with E-state index in [2.05, 4.69) is 12.2 Å². The maximum Gasteiger partial charge on any atom is 0.0590 e. The van der Waals surface area contributed by atoms with E-state index in [0.29, 0.717) is 6.10 Å². The van der Waals surface area contributed by atoms with Crippen molar-refractivity contribution in [2.24, 2.45) is 5.92 Å². The maximum atomic E-state index is 5.75. The van der Waals surface area contributed by atoms with Gasteiger partial charge in [0.1, 0.15) is 0 Å². The SMILES string of the molecule is CCNC(CC1CCCO1)C1CCCC1. The fourth-order valence-electron chi connectivity index (χ4n) is 3.18. The van der Waals surface area contributed by atoms with Gasteiger partial charge in [0, 0.05) is 12.6 Å². The van der Waals surface area contributed by atoms with Crippen molar-refractivity contribution in [1.29, 1.82) is 0 Å². The Labute approximate surface area is 93.8 Å². The molecule has 0 amide bonds. The number of hydrogen-bond donors (Lipinski definition) is 1. The average Bonchev–Trinajstić information content (AvgIpc) is 2.89. The van der Waals surface area contributed by atoms with E-state index in [1.165, 1.54) is 44.9 Å². The molecule has 88 valence electrons. The molecule has 2 atom stereocenters. The van der Waals surface area contributed by atoms with Crippen LogP contribution in [0, 0.1) is 5.92 Å². The summed E-state index contributed by atoms with van der Waals surface area (Å²) >= 11 is 0. The Balaban J connectivity index is 1.81. The summed E-state index contributed by atoms with van der Waals surface area (Å²) < 4.78 is 5.75. The van der Waals surface area contributed by atoms with Crippen LogP contribution in [0.25, 0.3) is 0 Å². The first-order valence-electron chi connectivity index (χ1n) is 6.75. The quantitative estimate of drug-likeness (QED) is 0.755. The van der Waals surface area contributed by atoms with Crippen molar-refractivity contribution < 1.29 is 4.74 Å². The summed E-state index contributed by atoms with van der Waals surface area (Å²) in [6.45, 7) is 4.32. The van der Waals surface area contributed by atoms with E-state index in [9.17, 15) is 0 Å². The molecule has 2 nitrogen and oxygen atoms in total. The summed E-state index contributed by atoms with van der Waals surface area (Å²) in [5.74, 6) is 0.925. The van der Waals surface area contributed by atoms with E-state index in [1.54, 1.807) is 0 Å². The lowest BCUT2D eigenvalue weighted by atomic mass is 9.92. The Morgan fingerprint density at radius 1 is 1.20 bits per heavy atom. The molecule has 2 heteroatoms. The fourth-order valence-corrected chi connectivity index (χ4v) is 3.18. The van der Waals surface area contributed by atoms with Crippen LogP contribution < -0.4 is 5.32 Å². The molecule has 2 aliphatic rings. The van der Waals surface area contributed by atoms with E-state index in [1.807, 2.05) is 0 Å². The minimum Gasteiger partial charge on any atom is -0.378 e. The third-order valence-electron chi connectivity index (χ3n) is 3.98. The molecule has 0 spiro atoms. The highest BCUT2D eigenvalue weighted by Gasteiger charge is 2.28. The highest BCUT2D eigenvalue weighted by Crippen LogP contribution is 2.31. The van der Waals surface area contributed by atoms with Crippen LogP contribution in [0.3, 0.4) is 0 Å². The van der Waals surface area contributed by atoms with Crippen molar-refractivity contribution in [2.45, 2.75) is 64.0 Å². The molecule has 1 heterocycles. The first kappa shape index (κ1) is 11.4. The molecule has 0 bridgehead atoms. The van der Waals surface area contributed by atoms with Crippen molar-refractivity contribution in [3.63, 3.8) is 0 Å². The van der Waals surface area contributed by atoms with Gasteiger partial charge >= 0.3 is 0 Å². The smallest absolute Gasteiger partial charge is 0.0590 e. The molecule has 15 heavy (non-hydrogen) atoms. The second-order valence-corrected chi connectivity index (χ2v) is 5.08. The van der Waals surface area contributed by atoms with Crippen molar-refractivity contribution in [1.82, 2.24) is 5.32 Å². The van der Waals surface area contributed by atoms with Crippen LogP contribution in [-0.4, -0.2) is 25.3 Å². The summed E-state index contributed by atoms with van der Waals surface area (Å²) in [6, 6.07) is 0.723. The molecule has 1 aliphatic heterocycles. The molecule has 2 unspecified atom stereocenters. The zero-order valence-corrected chi connectivity index (χ0v) is 10.0. The molecule has 0 aromatic heterocycles. The minimum absolute atomic E-state index is 0.551. The van der Waals surface area contributed by atoms with Crippen LogP contribution in [0.15, 0.2) is 0 Å². The van der Waals surface area contributed by atoms with Gasteiger partial charge in [-0.1, -0.05) is 19.8 Å². The molecule has 0 aromatic carbocycles. The Morgan fingerprint density at radius 3 is 2.60 bits per heavy atom. The Kier molecular flexibility index (Phi) is 4.45. The van der Waals surface area contributed by atoms with E-state index < -0.39 is 0 Å². The highest BCUT2D eigenvalue weighted by molar-refractivity contribution is 4.83. The van der Waals surface area contributed by atoms with Gasteiger partial charge in [-0.15, -0.1) is 0 Å². The van der Waals surface area contributed by atoms with Crippen LogP contribution >= 0.6 is 0 Å². The first-order valence-corrected chi connectivity index (χ1v) is 6.75. The minimum atomic E-state index is 0.551.